The molecule has 0 saturated heterocycles. The van der Waals surface area contributed by atoms with E-state index in [9.17, 15) is 9.59 Å². The standard InChI is InChI=1S/C42H72O4S6/c1-5-7-9-11-13-15-17-19-21-23-25-27-29-31-33-47-39-40(48-34-32-30-28-26-24-22-20-18-16-14-12-10-8-6-2)52-42(51-39)41-49-35(37(43)45-3)36(50-41)38(44)46-4/h5-34H2,1-4H3. The summed E-state index contributed by atoms with van der Waals surface area (Å²) in [5.74, 6) is 1.33. The van der Waals surface area contributed by atoms with Gasteiger partial charge in [0.2, 0.25) is 0 Å². The van der Waals surface area contributed by atoms with Gasteiger partial charge in [-0.25, -0.2) is 9.59 Å². The second-order valence-electron chi connectivity index (χ2n) is 14.1. The Kier molecular flexibility index (Phi) is 31.1. The van der Waals surface area contributed by atoms with E-state index in [1.165, 1.54) is 230 Å². The average molecular weight is 833 g/mol. The highest BCUT2D eigenvalue weighted by atomic mass is 32.3. The topological polar surface area (TPSA) is 52.6 Å². The number of hydrogen-bond donors (Lipinski definition) is 0. The van der Waals surface area contributed by atoms with Gasteiger partial charge in [-0.2, -0.15) is 0 Å². The molecule has 0 saturated carbocycles. The molecular formula is C42H72O4S6. The Bertz CT molecular complexity index is 995. The van der Waals surface area contributed by atoms with Gasteiger partial charge in [-0.15, -0.1) is 23.5 Å². The minimum Gasteiger partial charge on any atom is -0.465 e. The van der Waals surface area contributed by atoms with E-state index in [-0.39, 0.29) is 0 Å². The highest BCUT2D eigenvalue weighted by Gasteiger charge is 2.36. The Morgan fingerprint density at radius 2 is 0.654 bits per heavy atom. The van der Waals surface area contributed by atoms with Crippen LogP contribution in [-0.4, -0.2) is 37.7 Å². The van der Waals surface area contributed by atoms with Gasteiger partial charge in [0.1, 0.15) is 9.81 Å². The van der Waals surface area contributed by atoms with Crippen molar-refractivity contribution in [3.63, 3.8) is 0 Å². The molecule has 2 heterocycles. The summed E-state index contributed by atoms with van der Waals surface area (Å²) in [5.41, 5.74) is 0. The number of thioether (sulfide) groups is 6. The predicted molar refractivity (Wildman–Crippen MR) is 241 cm³/mol. The van der Waals surface area contributed by atoms with E-state index in [1.807, 2.05) is 47.0 Å². The number of unbranched alkanes of at least 4 members (excludes halogenated alkanes) is 26. The Labute approximate surface area is 345 Å². The van der Waals surface area contributed by atoms with E-state index in [0.717, 1.165) is 15.7 Å². The molecule has 2 aliphatic heterocycles. The largest absolute Gasteiger partial charge is 0.465 e. The van der Waals surface area contributed by atoms with Gasteiger partial charge in [-0.3, -0.25) is 0 Å². The number of esters is 2. The van der Waals surface area contributed by atoms with Crippen LogP contribution in [-0.2, 0) is 19.1 Å². The SMILES string of the molecule is CCCCCCCCCCCCCCCCSC1=C(SCCCCCCCCCCCCCCCC)SC(=C2SC(C(=O)OC)=C(C(=O)OC)S2)S1. The predicted octanol–water partition coefficient (Wildman–Crippen LogP) is 16.2. The minimum atomic E-state index is -0.478. The van der Waals surface area contributed by atoms with Crippen molar-refractivity contribution in [3.05, 3.63) is 26.8 Å². The molecule has 0 bridgehead atoms. The van der Waals surface area contributed by atoms with Crippen molar-refractivity contribution in [2.24, 2.45) is 0 Å². The van der Waals surface area contributed by atoms with Crippen LogP contribution in [0.3, 0.4) is 0 Å². The van der Waals surface area contributed by atoms with E-state index < -0.39 is 11.9 Å². The minimum absolute atomic E-state index is 0.336. The van der Waals surface area contributed by atoms with E-state index in [1.54, 1.807) is 0 Å². The molecule has 2 aliphatic rings. The lowest BCUT2D eigenvalue weighted by atomic mass is 10.0. The molecule has 0 atom stereocenters. The van der Waals surface area contributed by atoms with Gasteiger partial charge in [0.15, 0.2) is 0 Å². The zero-order valence-corrected chi connectivity index (χ0v) is 38.2. The van der Waals surface area contributed by atoms with Crippen molar-refractivity contribution in [3.8, 4) is 0 Å². The fourth-order valence-corrected chi connectivity index (χ4v) is 15.1. The molecule has 300 valence electrons. The molecule has 10 heteroatoms. The van der Waals surface area contributed by atoms with Crippen LogP contribution in [0, 0.1) is 0 Å². The van der Waals surface area contributed by atoms with Gasteiger partial charge in [-0.1, -0.05) is 228 Å². The summed E-state index contributed by atoms with van der Waals surface area (Å²) in [4.78, 5) is 25.7. The van der Waals surface area contributed by atoms with Crippen LogP contribution in [0.25, 0.3) is 0 Å². The van der Waals surface area contributed by atoms with Crippen molar-refractivity contribution in [2.45, 2.75) is 194 Å². The van der Waals surface area contributed by atoms with Gasteiger partial charge in [0, 0.05) is 0 Å². The Balaban J connectivity index is 1.72. The Hall–Kier alpha value is 0.260. The van der Waals surface area contributed by atoms with Gasteiger partial charge < -0.3 is 9.47 Å². The molecule has 2 rings (SSSR count). The quantitative estimate of drug-likeness (QED) is 0.0463. The van der Waals surface area contributed by atoms with Crippen LogP contribution < -0.4 is 0 Å². The molecular weight excluding hydrogens is 761 g/mol. The van der Waals surface area contributed by atoms with Crippen LogP contribution in [0.1, 0.15) is 194 Å². The second kappa shape index (κ2) is 33.4. The van der Waals surface area contributed by atoms with Crippen molar-refractivity contribution >= 4 is 82.5 Å². The summed E-state index contributed by atoms with van der Waals surface area (Å²) in [6.07, 6.45) is 38.8. The maximum Gasteiger partial charge on any atom is 0.346 e. The smallest absolute Gasteiger partial charge is 0.346 e. The fourth-order valence-electron chi connectivity index (χ4n) is 6.29. The lowest BCUT2D eigenvalue weighted by molar-refractivity contribution is -0.138. The van der Waals surface area contributed by atoms with Crippen LogP contribution in [0.15, 0.2) is 26.8 Å². The molecule has 52 heavy (non-hydrogen) atoms. The van der Waals surface area contributed by atoms with Gasteiger partial charge in [-0.05, 0) is 24.3 Å². The van der Waals surface area contributed by atoms with Crippen LogP contribution in [0.4, 0.5) is 0 Å². The van der Waals surface area contributed by atoms with Crippen molar-refractivity contribution in [1.29, 1.82) is 0 Å². The average Bonchev–Trinajstić information content (AvgIpc) is 3.79. The normalized spacial score (nSPS) is 14.7. The maximum absolute atomic E-state index is 12.5. The molecule has 0 amide bonds. The monoisotopic (exact) mass is 832 g/mol. The molecule has 0 unspecified atom stereocenters. The van der Waals surface area contributed by atoms with Crippen molar-refractivity contribution in [2.75, 3.05) is 25.7 Å². The number of carbonyl (C=O) groups excluding carboxylic acids is 2. The molecule has 0 aromatic heterocycles. The molecule has 0 N–H and O–H groups in total. The Morgan fingerprint density at radius 3 is 0.923 bits per heavy atom. The molecule has 0 radical (unpaired) electrons. The van der Waals surface area contributed by atoms with Crippen LogP contribution >= 0.6 is 70.6 Å². The van der Waals surface area contributed by atoms with E-state index in [4.69, 9.17) is 9.47 Å². The molecule has 0 aliphatic carbocycles. The number of methoxy groups -OCH3 is 2. The number of ether oxygens (including phenoxy) is 2. The van der Waals surface area contributed by atoms with Crippen LogP contribution in [0.5, 0.6) is 0 Å². The molecule has 4 nitrogen and oxygen atoms in total. The van der Waals surface area contributed by atoms with Crippen LogP contribution in [0.2, 0.25) is 0 Å². The third-order valence-corrected chi connectivity index (χ3v) is 18.3. The lowest BCUT2D eigenvalue weighted by Crippen LogP contribution is -2.08. The molecule has 0 aromatic carbocycles. The third-order valence-electron chi connectivity index (χ3n) is 9.50. The van der Waals surface area contributed by atoms with Gasteiger partial charge >= 0.3 is 11.9 Å². The van der Waals surface area contributed by atoms with Crippen molar-refractivity contribution in [1.82, 2.24) is 0 Å². The second-order valence-corrected chi connectivity index (χ2v) is 21.4. The zero-order chi connectivity index (χ0) is 37.5. The number of rotatable bonds is 34. The summed E-state index contributed by atoms with van der Waals surface area (Å²) in [5, 5.41) is 0. The first-order valence-electron chi connectivity index (χ1n) is 20.9. The first-order chi connectivity index (χ1) is 25.5. The molecule has 0 aromatic rings. The summed E-state index contributed by atoms with van der Waals surface area (Å²) < 4.78 is 14.9. The van der Waals surface area contributed by atoms with E-state index in [2.05, 4.69) is 13.8 Å². The fraction of sp³-hybridized carbons (Fsp3) is 0.810. The Morgan fingerprint density at radius 1 is 0.404 bits per heavy atom. The maximum atomic E-state index is 12.5. The first kappa shape index (κ1) is 48.4. The molecule has 0 spiro atoms. The van der Waals surface area contributed by atoms with E-state index in [0.29, 0.717) is 9.81 Å². The van der Waals surface area contributed by atoms with E-state index >= 15 is 0 Å². The zero-order valence-electron chi connectivity index (χ0n) is 33.3. The molecule has 0 fully saturated rings. The summed E-state index contributed by atoms with van der Waals surface area (Å²) >= 11 is 10.4. The summed E-state index contributed by atoms with van der Waals surface area (Å²) in [7, 11) is 2.72. The lowest BCUT2D eigenvalue weighted by Gasteiger charge is -2.06. The number of hydrogen-bond acceptors (Lipinski definition) is 10. The summed E-state index contributed by atoms with van der Waals surface area (Å²) in [6, 6.07) is 0. The van der Waals surface area contributed by atoms with Gasteiger partial charge in [0.05, 0.1) is 31.2 Å². The highest BCUT2D eigenvalue weighted by Crippen LogP contribution is 2.64. The van der Waals surface area contributed by atoms with Gasteiger partial charge in [0.25, 0.3) is 0 Å². The highest BCUT2D eigenvalue weighted by molar-refractivity contribution is 8.42. The van der Waals surface area contributed by atoms with Crippen molar-refractivity contribution < 1.29 is 19.1 Å². The first-order valence-corrected chi connectivity index (χ1v) is 26.2. The third kappa shape index (κ3) is 22.1. The summed E-state index contributed by atoms with van der Waals surface area (Å²) in [6.45, 7) is 4.58. The number of carbonyl (C=O) groups is 2.